The minimum absolute atomic E-state index is 0.188. The van der Waals surface area contributed by atoms with Crippen LogP contribution in [0.2, 0.25) is 5.02 Å². The minimum Gasteiger partial charge on any atom is -0.322 e. The standard InChI is InChI=1S/C17H15BrClF2N5O/c1-10-15(18)16(17(20)21)24-26(10)9-14(27)23-12-6-22-25(8-12)7-11-4-2-3-5-13(11)19/h2-6,8,17H,7,9H2,1H3,(H,23,27). The normalized spacial score (nSPS) is 11.2. The topological polar surface area (TPSA) is 64.7 Å². The van der Waals surface area contributed by atoms with Crippen molar-refractivity contribution in [2.75, 3.05) is 5.32 Å². The van der Waals surface area contributed by atoms with Gasteiger partial charge in [-0.1, -0.05) is 29.8 Å². The van der Waals surface area contributed by atoms with E-state index in [1.807, 2.05) is 18.2 Å². The highest BCUT2D eigenvalue weighted by atomic mass is 79.9. The molecule has 3 rings (SSSR count). The van der Waals surface area contributed by atoms with E-state index >= 15 is 0 Å². The summed E-state index contributed by atoms with van der Waals surface area (Å²) in [6.45, 7) is 1.88. The lowest BCUT2D eigenvalue weighted by Gasteiger charge is -2.05. The zero-order valence-corrected chi connectivity index (χ0v) is 16.5. The van der Waals surface area contributed by atoms with Gasteiger partial charge in [0.25, 0.3) is 6.43 Å². The lowest BCUT2D eigenvalue weighted by molar-refractivity contribution is -0.117. The van der Waals surface area contributed by atoms with Crippen molar-refractivity contribution in [1.82, 2.24) is 19.6 Å². The molecule has 0 aliphatic heterocycles. The van der Waals surface area contributed by atoms with Crippen LogP contribution in [-0.4, -0.2) is 25.5 Å². The predicted octanol–water partition coefficient (Wildman–Crippen LogP) is 4.43. The summed E-state index contributed by atoms with van der Waals surface area (Å²) < 4.78 is 28.9. The molecule has 1 aromatic carbocycles. The Morgan fingerprint density at radius 2 is 2.11 bits per heavy atom. The Balaban J connectivity index is 1.65. The molecule has 0 saturated carbocycles. The van der Waals surface area contributed by atoms with Gasteiger partial charge in [-0.25, -0.2) is 8.78 Å². The average molecular weight is 459 g/mol. The van der Waals surface area contributed by atoms with Gasteiger partial charge in [0.2, 0.25) is 5.91 Å². The largest absolute Gasteiger partial charge is 0.322 e. The lowest BCUT2D eigenvalue weighted by atomic mass is 10.2. The Labute approximate surface area is 167 Å². The van der Waals surface area contributed by atoms with Gasteiger partial charge >= 0.3 is 0 Å². The molecule has 0 radical (unpaired) electrons. The summed E-state index contributed by atoms with van der Waals surface area (Å²) >= 11 is 9.21. The van der Waals surface area contributed by atoms with Crippen LogP contribution in [0, 0.1) is 6.92 Å². The van der Waals surface area contributed by atoms with Crippen molar-refractivity contribution >= 4 is 39.1 Å². The van der Waals surface area contributed by atoms with Crippen LogP contribution in [0.1, 0.15) is 23.4 Å². The zero-order chi connectivity index (χ0) is 19.6. The predicted molar refractivity (Wildman–Crippen MR) is 101 cm³/mol. The monoisotopic (exact) mass is 457 g/mol. The molecule has 142 valence electrons. The molecule has 0 fully saturated rings. The van der Waals surface area contributed by atoms with E-state index in [1.54, 1.807) is 23.9 Å². The van der Waals surface area contributed by atoms with Gasteiger partial charge in [0.15, 0.2) is 0 Å². The molecule has 0 bridgehead atoms. The number of nitrogens with zero attached hydrogens (tertiary/aromatic N) is 4. The smallest absolute Gasteiger partial charge is 0.283 e. The van der Waals surface area contributed by atoms with Gasteiger partial charge in [-0.2, -0.15) is 10.2 Å². The van der Waals surface area contributed by atoms with Crippen LogP contribution < -0.4 is 5.32 Å². The van der Waals surface area contributed by atoms with Gasteiger partial charge in [-0.3, -0.25) is 14.2 Å². The van der Waals surface area contributed by atoms with Crippen LogP contribution in [-0.2, 0) is 17.9 Å². The van der Waals surface area contributed by atoms with Crippen LogP contribution in [0.5, 0.6) is 0 Å². The highest BCUT2D eigenvalue weighted by molar-refractivity contribution is 9.10. The van der Waals surface area contributed by atoms with Crippen LogP contribution >= 0.6 is 27.5 Å². The summed E-state index contributed by atoms with van der Waals surface area (Å²) in [5, 5.41) is 11.3. The summed E-state index contributed by atoms with van der Waals surface area (Å²) in [4.78, 5) is 12.2. The van der Waals surface area contributed by atoms with Crippen molar-refractivity contribution in [2.45, 2.75) is 26.4 Å². The van der Waals surface area contributed by atoms with Crippen LogP contribution in [0.15, 0.2) is 41.1 Å². The maximum Gasteiger partial charge on any atom is 0.283 e. The van der Waals surface area contributed by atoms with E-state index in [4.69, 9.17) is 11.6 Å². The van der Waals surface area contributed by atoms with Gasteiger partial charge in [-0.05, 0) is 34.5 Å². The fraction of sp³-hybridized carbons (Fsp3) is 0.235. The van der Waals surface area contributed by atoms with E-state index in [2.05, 4.69) is 31.4 Å². The molecule has 0 saturated heterocycles. The van der Waals surface area contributed by atoms with Crippen molar-refractivity contribution in [3.05, 3.63) is 63.1 Å². The SMILES string of the molecule is Cc1c(Br)c(C(F)F)nn1CC(=O)Nc1cnn(Cc2ccccc2Cl)c1. The summed E-state index contributed by atoms with van der Waals surface area (Å²) in [5.74, 6) is -0.397. The van der Waals surface area contributed by atoms with Crippen molar-refractivity contribution in [1.29, 1.82) is 0 Å². The van der Waals surface area contributed by atoms with Crippen LogP contribution in [0.4, 0.5) is 14.5 Å². The Bertz CT molecular complexity index is 972. The number of carbonyl (C=O) groups is 1. The van der Waals surface area contributed by atoms with Crippen molar-refractivity contribution in [3.63, 3.8) is 0 Å². The number of nitrogens with one attached hydrogen (secondary N) is 1. The van der Waals surface area contributed by atoms with Gasteiger partial charge in [-0.15, -0.1) is 0 Å². The molecular weight excluding hydrogens is 444 g/mol. The fourth-order valence-electron chi connectivity index (χ4n) is 2.49. The van der Waals surface area contributed by atoms with E-state index < -0.39 is 12.3 Å². The second kappa shape index (κ2) is 8.18. The first-order chi connectivity index (χ1) is 12.8. The molecule has 2 aromatic heterocycles. The number of halogens is 4. The maximum atomic E-state index is 12.9. The first-order valence-corrected chi connectivity index (χ1v) is 9.09. The van der Waals surface area contributed by atoms with Gasteiger partial charge < -0.3 is 5.32 Å². The zero-order valence-electron chi connectivity index (χ0n) is 14.2. The van der Waals surface area contributed by atoms with Crippen LogP contribution in [0.25, 0.3) is 0 Å². The van der Waals surface area contributed by atoms with E-state index in [1.165, 1.54) is 10.9 Å². The third kappa shape index (κ3) is 4.54. The van der Waals surface area contributed by atoms with Crippen molar-refractivity contribution in [2.24, 2.45) is 0 Å². The molecule has 6 nitrogen and oxygen atoms in total. The number of hydrogen-bond acceptors (Lipinski definition) is 3. The molecule has 3 aromatic rings. The Morgan fingerprint density at radius 1 is 1.37 bits per heavy atom. The molecule has 27 heavy (non-hydrogen) atoms. The van der Waals surface area contributed by atoms with Gasteiger partial charge in [0.05, 0.1) is 28.6 Å². The van der Waals surface area contributed by atoms with E-state index in [0.29, 0.717) is 22.9 Å². The molecule has 2 heterocycles. The third-order valence-electron chi connectivity index (χ3n) is 3.87. The van der Waals surface area contributed by atoms with Crippen LogP contribution in [0.3, 0.4) is 0 Å². The third-order valence-corrected chi connectivity index (χ3v) is 5.21. The molecule has 1 amide bonds. The molecule has 1 N–H and O–H groups in total. The quantitative estimate of drug-likeness (QED) is 0.594. The first kappa shape index (κ1) is 19.5. The average Bonchev–Trinajstić information content (AvgIpc) is 3.16. The number of benzene rings is 1. The summed E-state index contributed by atoms with van der Waals surface area (Å²) in [6, 6.07) is 7.41. The molecule has 0 atom stereocenters. The first-order valence-electron chi connectivity index (χ1n) is 7.92. The number of hydrogen-bond donors (Lipinski definition) is 1. The Kier molecular flexibility index (Phi) is 5.91. The van der Waals surface area contributed by atoms with E-state index in [0.717, 1.165) is 5.56 Å². The lowest BCUT2D eigenvalue weighted by Crippen LogP contribution is -2.20. The van der Waals surface area contributed by atoms with Crippen molar-refractivity contribution < 1.29 is 13.6 Å². The number of amides is 1. The Morgan fingerprint density at radius 3 is 2.78 bits per heavy atom. The minimum atomic E-state index is -2.72. The highest BCUT2D eigenvalue weighted by Gasteiger charge is 2.21. The molecule has 0 unspecified atom stereocenters. The maximum absolute atomic E-state index is 12.9. The number of carbonyl (C=O) groups excluding carboxylic acids is 1. The number of anilines is 1. The summed E-state index contributed by atoms with van der Waals surface area (Å²) in [5.41, 5.74) is 1.46. The second-order valence-corrected chi connectivity index (χ2v) is 7.01. The molecule has 0 aliphatic rings. The molecule has 0 spiro atoms. The molecule has 0 aliphatic carbocycles. The highest BCUT2D eigenvalue weighted by Crippen LogP contribution is 2.29. The number of alkyl halides is 2. The number of rotatable bonds is 6. The molecule has 10 heteroatoms. The summed E-state index contributed by atoms with van der Waals surface area (Å²) in [6.07, 6.45) is 0.452. The summed E-state index contributed by atoms with van der Waals surface area (Å²) in [7, 11) is 0. The van der Waals surface area contributed by atoms with E-state index in [-0.39, 0.29) is 16.7 Å². The second-order valence-electron chi connectivity index (χ2n) is 5.81. The fourth-order valence-corrected chi connectivity index (χ4v) is 3.15. The van der Waals surface area contributed by atoms with Crippen molar-refractivity contribution in [3.8, 4) is 0 Å². The van der Waals surface area contributed by atoms with Gasteiger partial charge in [0.1, 0.15) is 12.2 Å². The van der Waals surface area contributed by atoms with Gasteiger partial charge in [0, 0.05) is 11.2 Å². The Hall–Kier alpha value is -2.26. The molecular formula is C17H15BrClF2N5O. The van der Waals surface area contributed by atoms with E-state index in [9.17, 15) is 13.6 Å². The number of aromatic nitrogens is 4.